The summed E-state index contributed by atoms with van der Waals surface area (Å²) >= 11 is 3.19. The number of oxime groups is 1. The van der Waals surface area contributed by atoms with E-state index in [-0.39, 0.29) is 17.1 Å². The molecule has 0 radical (unpaired) electrons. The zero-order valence-electron chi connectivity index (χ0n) is 10.4. The minimum absolute atomic E-state index is 0.0631. The summed E-state index contributed by atoms with van der Waals surface area (Å²) in [5.41, 5.74) is 5.64. The lowest BCUT2D eigenvalue weighted by atomic mass is 10.1. The first-order chi connectivity index (χ1) is 8.99. The van der Waals surface area contributed by atoms with Gasteiger partial charge in [-0.1, -0.05) is 34.4 Å². The molecule has 0 aliphatic carbocycles. The minimum Gasteiger partial charge on any atom is -0.507 e. The lowest BCUT2D eigenvalue weighted by Gasteiger charge is -2.17. The van der Waals surface area contributed by atoms with E-state index in [0.717, 1.165) is 6.42 Å². The topological polar surface area (TPSA) is 108 Å². The number of aromatic hydroxyl groups is 1. The van der Waals surface area contributed by atoms with E-state index in [4.69, 9.17) is 10.9 Å². The molecule has 1 amide bonds. The summed E-state index contributed by atoms with van der Waals surface area (Å²) in [5.74, 6) is -0.677. The number of nitrogens with zero attached hydrogens (tertiary/aromatic N) is 1. The zero-order valence-corrected chi connectivity index (χ0v) is 12.0. The van der Waals surface area contributed by atoms with Gasteiger partial charge in [-0.2, -0.15) is 0 Å². The molecule has 0 saturated heterocycles. The number of carbonyl (C=O) groups is 1. The quantitative estimate of drug-likeness (QED) is 0.286. The predicted octanol–water partition coefficient (Wildman–Crippen LogP) is 1.80. The highest BCUT2D eigenvalue weighted by Gasteiger charge is 2.19. The Balaban J connectivity index is 2.87. The number of phenols is 1. The summed E-state index contributed by atoms with van der Waals surface area (Å²) < 4.78 is 0.670. The van der Waals surface area contributed by atoms with Gasteiger partial charge in [-0.15, -0.1) is 0 Å². The van der Waals surface area contributed by atoms with E-state index in [1.54, 1.807) is 6.07 Å². The molecule has 1 rings (SSSR count). The van der Waals surface area contributed by atoms with E-state index in [1.807, 2.05) is 6.92 Å². The van der Waals surface area contributed by atoms with Crippen LogP contribution in [-0.2, 0) is 0 Å². The molecule has 0 heterocycles. The second kappa shape index (κ2) is 6.98. The Labute approximate surface area is 119 Å². The largest absolute Gasteiger partial charge is 0.507 e. The van der Waals surface area contributed by atoms with Gasteiger partial charge in [0.2, 0.25) is 0 Å². The molecule has 0 spiro atoms. The number of nitrogens with one attached hydrogen (secondary N) is 1. The number of amidine groups is 1. The average molecular weight is 330 g/mol. The molecular formula is C12H16BrN3O3. The van der Waals surface area contributed by atoms with Crippen LogP contribution < -0.4 is 11.1 Å². The Bertz CT molecular complexity index is 491. The van der Waals surface area contributed by atoms with Crippen LogP contribution in [0.4, 0.5) is 0 Å². The van der Waals surface area contributed by atoms with Crippen LogP contribution >= 0.6 is 15.9 Å². The Hall–Kier alpha value is -1.76. The fraction of sp³-hybridized carbons (Fsp3) is 0.333. The molecule has 5 N–H and O–H groups in total. The Morgan fingerprint density at radius 1 is 1.58 bits per heavy atom. The fourth-order valence-electron chi connectivity index (χ4n) is 1.59. The number of nitrogens with two attached hydrogens (primary N) is 1. The summed E-state index contributed by atoms with van der Waals surface area (Å²) in [4.78, 5) is 12.0. The maximum atomic E-state index is 12.0. The number of hydrogen-bond acceptors (Lipinski definition) is 4. The van der Waals surface area contributed by atoms with Crippen LogP contribution in [0.1, 0.15) is 30.1 Å². The third-order valence-electron chi connectivity index (χ3n) is 2.56. The summed E-state index contributed by atoms with van der Waals surface area (Å²) in [5, 5.41) is 23.9. The highest BCUT2D eigenvalue weighted by Crippen LogP contribution is 2.22. The van der Waals surface area contributed by atoms with Crippen molar-refractivity contribution >= 4 is 27.7 Å². The van der Waals surface area contributed by atoms with Gasteiger partial charge in [0.05, 0.1) is 11.6 Å². The highest BCUT2D eigenvalue weighted by molar-refractivity contribution is 9.10. The molecule has 7 heteroatoms. The first kappa shape index (κ1) is 15.3. The van der Waals surface area contributed by atoms with Gasteiger partial charge in [-0.05, 0) is 24.6 Å². The fourth-order valence-corrected chi connectivity index (χ4v) is 1.93. The molecule has 1 aromatic carbocycles. The van der Waals surface area contributed by atoms with E-state index in [2.05, 4.69) is 26.4 Å². The first-order valence-electron chi connectivity index (χ1n) is 5.76. The van der Waals surface area contributed by atoms with Gasteiger partial charge in [-0.25, -0.2) is 0 Å². The van der Waals surface area contributed by atoms with Gasteiger partial charge in [0.25, 0.3) is 5.91 Å². The molecule has 0 bridgehead atoms. The average Bonchev–Trinajstić information content (AvgIpc) is 2.37. The lowest BCUT2D eigenvalue weighted by Crippen LogP contribution is -2.44. The summed E-state index contributed by atoms with van der Waals surface area (Å²) in [6, 6.07) is 4.00. The third kappa shape index (κ3) is 4.13. The van der Waals surface area contributed by atoms with Crippen molar-refractivity contribution in [1.29, 1.82) is 0 Å². The van der Waals surface area contributed by atoms with Gasteiger partial charge in [0.1, 0.15) is 5.75 Å². The number of benzene rings is 1. The second-order valence-corrected chi connectivity index (χ2v) is 4.92. The maximum absolute atomic E-state index is 12.0. The van der Waals surface area contributed by atoms with Crippen molar-refractivity contribution in [3.8, 4) is 5.75 Å². The van der Waals surface area contributed by atoms with Crippen LogP contribution in [0.2, 0.25) is 0 Å². The van der Waals surface area contributed by atoms with Crippen LogP contribution in [0, 0.1) is 0 Å². The molecule has 0 aliphatic rings. The van der Waals surface area contributed by atoms with Gasteiger partial charge >= 0.3 is 0 Å². The van der Waals surface area contributed by atoms with Crippen molar-refractivity contribution in [2.24, 2.45) is 10.9 Å². The van der Waals surface area contributed by atoms with Gasteiger partial charge in [-0.3, -0.25) is 4.79 Å². The van der Waals surface area contributed by atoms with Crippen molar-refractivity contribution in [1.82, 2.24) is 5.32 Å². The van der Waals surface area contributed by atoms with E-state index in [1.165, 1.54) is 12.1 Å². The molecule has 0 aliphatic heterocycles. The molecule has 0 saturated carbocycles. The third-order valence-corrected chi connectivity index (χ3v) is 3.05. The van der Waals surface area contributed by atoms with Crippen molar-refractivity contribution in [3.63, 3.8) is 0 Å². The monoisotopic (exact) mass is 329 g/mol. The van der Waals surface area contributed by atoms with E-state index in [9.17, 15) is 9.90 Å². The van der Waals surface area contributed by atoms with Gasteiger partial charge in [0.15, 0.2) is 5.84 Å². The Kier molecular flexibility index (Phi) is 5.62. The smallest absolute Gasteiger partial charge is 0.255 e. The zero-order chi connectivity index (χ0) is 14.4. The van der Waals surface area contributed by atoms with Crippen LogP contribution in [-0.4, -0.2) is 28.1 Å². The van der Waals surface area contributed by atoms with Crippen molar-refractivity contribution < 1.29 is 15.1 Å². The number of hydrogen-bond donors (Lipinski definition) is 4. The van der Waals surface area contributed by atoms with Crippen molar-refractivity contribution in [2.45, 2.75) is 25.8 Å². The normalized spacial score (nSPS) is 13.1. The van der Waals surface area contributed by atoms with Crippen LogP contribution in [0.3, 0.4) is 0 Å². The van der Waals surface area contributed by atoms with Gasteiger partial charge in [0, 0.05) is 4.47 Å². The van der Waals surface area contributed by atoms with E-state index in [0.29, 0.717) is 10.9 Å². The number of rotatable bonds is 5. The second-order valence-electron chi connectivity index (χ2n) is 4.00. The van der Waals surface area contributed by atoms with Gasteiger partial charge < -0.3 is 21.4 Å². The van der Waals surface area contributed by atoms with E-state index >= 15 is 0 Å². The molecule has 0 aromatic heterocycles. The molecule has 1 atom stereocenters. The molecule has 19 heavy (non-hydrogen) atoms. The minimum atomic E-state index is -0.564. The molecule has 1 unspecified atom stereocenters. The predicted molar refractivity (Wildman–Crippen MR) is 75.4 cm³/mol. The lowest BCUT2D eigenvalue weighted by molar-refractivity contribution is 0.0942. The summed E-state index contributed by atoms with van der Waals surface area (Å²) in [6.07, 6.45) is 1.30. The summed E-state index contributed by atoms with van der Waals surface area (Å²) in [7, 11) is 0. The van der Waals surface area contributed by atoms with Crippen LogP contribution in [0.25, 0.3) is 0 Å². The number of amides is 1. The molecule has 6 nitrogen and oxygen atoms in total. The Morgan fingerprint density at radius 2 is 2.26 bits per heavy atom. The number of halogens is 1. The SMILES string of the molecule is CCCC(NC(=O)c1ccc(Br)cc1O)C(N)=NO. The highest BCUT2D eigenvalue weighted by atomic mass is 79.9. The maximum Gasteiger partial charge on any atom is 0.255 e. The first-order valence-corrected chi connectivity index (χ1v) is 6.55. The summed E-state index contributed by atoms with van der Waals surface area (Å²) in [6.45, 7) is 1.92. The van der Waals surface area contributed by atoms with Crippen molar-refractivity contribution in [3.05, 3.63) is 28.2 Å². The molecular weight excluding hydrogens is 314 g/mol. The standard InChI is InChI=1S/C12H16BrN3O3/c1-2-3-9(11(14)16-19)15-12(18)8-5-4-7(13)6-10(8)17/h4-6,9,17,19H,2-3H2,1H3,(H2,14,16)(H,15,18). The molecule has 1 aromatic rings. The Morgan fingerprint density at radius 3 is 2.79 bits per heavy atom. The number of carbonyl (C=O) groups excluding carboxylic acids is 1. The molecule has 0 fully saturated rings. The number of phenolic OH excluding ortho intramolecular Hbond substituents is 1. The van der Waals surface area contributed by atoms with E-state index < -0.39 is 11.9 Å². The van der Waals surface area contributed by atoms with Crippen LogP contribution in [0.5, 0.6) is 5.75 Å². The molecule has 104 valence electrons. The van der Waals surface area contributed by atoms with Crippen molar-refractivity contribution in [2.75, 3.05) is 0 Å². The van der Waals surface area contributed by atoms with Crippen LogP contribution in [0.15, 0.2) is 27.8 Å².